The van der Waals surface area contributed by atoms with Crippen molar-refractivity contribution in [2.24, 2.45) is 0 Å². The van der Waals surface area contributed by atoms with Crippen LogP contribution in [0.15, 0.2) is 0 Å². The van der Waals surface area contributed by atoms with Crippen LogP contribution in [0.3, 0.4) is 0 Å². The van der Waals surface area contributed by atoms with Crippen LogP contribution in [0, 0.1) is 0 Å². The average molecular weight is 242 g/mol. The number of carboxylic acids is 1. The van der Waals surface area contributed by atoms with Crippen molar-refractivity contribution in [1.29, 1.82) is 0 Å². The molecule has 1 saturated carbocycles. The van der Waals surface area contributed by atoms with Gasteiger partial charge in [0.1, 0.15) is 0 Å². The van der Waals surface area contributed by atoms with E-state index in [4.69, 9.17) is 5.11 Å². The SMILES string of the molecule is CC(CCCC(=O)O)NC(=O)CCNC1CC1. The van der Waals surface area contributed by atoms with E-state index < -0.39 is 5.97 Å². The summed E-state index contributed by atoms with van der Waals surface area (Å²) < 4.78 is 0. The van der Waals surface area contributed by atoms with Crippen LogP contribution in [0.2, 0.25) is 0 Å². The smallest absolute Gasteiger partial charge is 0.303 e. The van der Waals surface area contributed by atoms with Gasteiger partial charge in [0.05, 0.1) is 0 Å². The number of carbonyl (C=O) groups is 2. The molecule has 1 amide bonds. The Hall–Kier alpha value is -1.10. The Morgan fingerprint density at radius 3 is 2.65 bits per heavy atom. The second kappa shape index (κ2) is 7.27. The summed E-state index contributed by atoms with van der Waals surface area (Å²) in [5.74, 6) is -0.738. The van der Waals surface area contributed by atoms with Crippen LogP contribution in [-0.2, 0) is 9.59 Å². The fraction of sp³-hybridized carbons (Fsp3) is 0.833. The summed E-state index contributed by atoms with van der Waals surface area (Å²) in [6, 6.07) is 0.693. The number of nitrogens with one attached hydrogen (secondary N) is 2. The molecular weight excluding hydrogens is 220 g/mol. The molecule has 17 heavy (non-hydrogen) atoms. The van der Waals surface area contributed by atoms with Crippen LogP contribution in [0.5, 0.6) is 0 Å². The zero-order chi connectivity index (χ0) is 12.7. The van der Waals surface area contributed by atoms with Crippen molar-refractivity contribution in [3.05, 3.63) is 0 Å². The highest BCUT2D eigenvalue weighted by atomic mass is 16.4. The van der Waals surface area contributed by atoms with Crippen molar-refractivity contribution in [2.75, 3.05) is 6.54 Å². The molecule has 0 saturated heterocycles. The third kappa shape index (κ3) is 7.74. The lowest BCUT2D eigenvalue weighted by molar-refractivity contribution is -0.137. The molecule has 5 heteroatoms. The summed E-state index contributed by atoms with van der Waals surface area (Å²) in [6.45, 7) is 2.65. The summed E-state index contributed by atoms with van der Waals surface area (Å²) >= 11 is 0. The maximum Gasteiger partial charge on any atom is 0.303 e. The van der Waals surface area contributed by atoms with Gasteiger partial charge in [-0.15, -0.1) is 0 Å². The number of hydrogen-bond donors (Lipinski definition) is 3. The van der Waals surface area contributed by atoms with Crippen molar-refractivity contribution < 1.29 is 14.7 Å². The summed E-state index contributed by atoms with van der Waals surface area (Å²) in [4.78, 5) is 21.8. The van der Waals surface area contributed by atoms with Crippen LogP contribution < -0.4 is 10.6 Å². The van der Waals surface area contributed by atoms with Gasteiger partial charge in [-0.3, -0.25) is 9.59 Å². The zero-order valence-electron chi connectivity index (χ0n) is 10.4. The first-order valence-electron chi connectivity index (χ1n) is 6.32. The summed E-state index contributed by atoms with van der Waals surface area (Å²) in [6.07, 6.45) is 4.45. The minimum absolute atomic E-state index is 0.0426. The van der Waals surface area contributed by atoms with Crippen molar-refractivity contribution in [1.82, 2.24) is 10.6 Å². The number of amides is 1. The largest absolute Gasteiger partial charge is 0.481 e. The normalized spacial score (nSPS) is 16.5. The molecular formula is C12H22N2O3. The van der Waals surface area contributed by atoms with E-state index in [0.717, 1.165) is 6.54 Å². The average Bonchev–Trinajstić information content (AvgIpc) is 3.00. The Kier molecular flexibility index (Phi) is 5.97. The minimum Gasteiger partial charge on any atom is -0.481 e. The van der Waals surface area contributed by atoms with Crippen molar-refractivity contribution in [3.63, 3.8) is 0 Å². The van der Waals surface area contributed by atoms with Crippen LogP contribution in [0.25, 0.3) is 0 Å². The van der Waals surface area contributed by atoms with E-state index in [9.17, 15) is 9.59 Å². The molecule has 1 rings (SSSR count). The van der Waals surface area contributed by atoms with Gasteiger partial charge >= 0.3 is 5.97 Å². The molecule has 0 bridgehead atoms. The molecule has 5 nitrogen and oxygen atoms in total. The van der Waals surface area contributed by atoms with Gasteiger partial charge < -0.3 is 15.7 Å². The first-order valence-corrected chi connectivity index (χ1v) is 6.32. The molecule has 1 fully saturated rings. The van der Waals surface area contributed by atoms with Crippen molar-refractivity contribution >= 4 is 11.9 Å². The lowest BCUT2D eigenvalue weighted by Gasteiger charge is -2.13. The van der Waals surface area contributed by atoms with Gasteiger partial charge in [0.15, 0.2) is 0 Å². The molecule has 3 N–H and O–H groups in total. The van der Waals surface area contributed by atoms with E-state index in [1.54, 1.807) is 0 Å². The molecule has 0 aliphatic heterocycles. The number of rotatable bonds is 9. The van der Waals surface area contributed by atoms with E-state index in [-0.39, 0.29) is 18.4 Å². The predicted molar refractivity (Wildman–Crippen MR) is 64.7 cm³/mol. The maximum absolute atomic E-state index is 11.5. The fourth-order valence-electron chi connectivity index (χ4n) is 1.66. The molecule has 0 aromatic carbocycles. The molecule has 98 valence electrons. The van der Waals surface area contributed by atoms with Crippen molar-refractivity contribution in [3.8, 4) is 0 Å². The molecule has 1 unspecified atom stereocenters. The van der Waals surface area contributed by atoms with E-state index >= 15 is 0 Å². The topological polar surface area (TPSA) is 78.4 Å². The molecule has 1 aliphatic rings. The van der Waals surface area contributed by atoms with Crippen LogP contribution in [0.4, 0.5) is 0 Å². The van der Waals surface area contributed by atoms with Crippen LogP contribution >= 0.6 is 0 Å². The minimum atomic E-state index is -0.780. The van der Waals surface area contributed by atoms with Gasteiger partial charge in [-0.1, -0.05) is 0 Å². The first-order chi connectivity index (χ1) is 8.08. The van der Waals surface area contributed by atoms with Gasteiger partial charge in [0.2, 0.25) is 5.91 Å². The van der Waals surface area contributed by atoms with E-state index in [1.807, 2.05) is 6.92 Å². The van der Waals surface area contributed by atoms with Gasteiger partial charge in [-0.2, -0.15) is 0 Å². The maximum atomic E-state index is 11.5. The second-order valence-corrected chi connectivity index (χ2v) is 4.73. The van der Waals surface area contributed by atoms with E-state index in [1.165, 1.54) is 12.8 Å². The highest BCUT2D eigenvalue weighted by molar-refractivity contribution is 5.76. The molecule has 0 radical (unpaired) electrons. The fourth-order valence-corrected chi connectivity index (χ4v) is 1.66. The van der Waals surface area contributed by atoms with E-state index in [2.05, 4.69) is 10.6 Å². The highest BCUT2D eigenvalue weighted by Gasteiger charge is 2.20. The van der Waals surface area contributed by atoms with Gasteiger partial charge in [0, 0.05) is 31.5 Å². The van der Waals surface area contributed by atoms with Crippen LogP contribution in [-0.4, -0.2) is 35.6 Å². The molecule has 1 atom stereocenters. The lowest BCUT2D eigenvalue weighted by Crippen LogP contribution is -2.34. The number of carboxylic acid groups (broad SMARTS) is 1. The summed E-state index contributed by atoms with van der Waals surface area (Å²) in [5, 5.41) is 14.6. The zero-order valence-corrected chi connectivity index (χ0v) is 10.4. The highest BCUT2D eigenvalue weighted by Crippen LogP contribution is 2.18. The Labute approximate surface area is 102 Å². The third-order valence-electron chi connectivity index (χ3n) is 2.80. The molecule has 0 heterocycles. The Balaban J connectivity index is 1.97. The predicted octanol–water partition coefficient (Wildman–Crippen LogP) is 0.888. The molecule has 1 aliphatic carbocycles. The number of hydrogen-bond acceptors (Lipinski definition) is 3. The monoisotopic (exact) mass is 242 g/mol. The summed E-state index contributed by atoms with van der Waals surface area (Å²) in [5.41, 5.74) is 0. The van der Waals surface area contributed by atoms with Gasteiger partial charge in [-0.25, -0.2) is 0 Å². The van der Waals surface area contributed by atoms with E-state index in [0.29, 0.717) is 25.3 Å². The number of carbonyl (C=O) groups excluding carboxylic acids is 1. The second-order valence-electron chi connectivity index (χ2n) is 4.73. The standard InChI is InChI=1S/C12H22N2O3/c1-9(3-2-4-12(16)17)14-11(15)7-8-13-10-5-6-10/h9-10,13H,2-8H2,1H3,(H,14,15)(H,16,17). The van der Waals surface area contributed by atoms with Gasteiger partial charge in [0.25, 0.3) is 0 Å². The first kappa shape index (κ1) is 14.0. The molecule has 0 spiro atoms. The lowest BCUT2D eigenvalue weighted by atomic mass is 10.1. The van der Waals surface area contributed by atoms with Gasteiger partial charge in [-0.05, 0) is 32.6 Å². The quantitative estimate of drug-likeness (QED) is 0.561. The Morgan fingerprint density at radius 2 is 2.06 bits per heavy atom. The Bertz CT molecular complexity index is 264. The third-order valence-corrected chi connectivity index (χ3v) is 2.80. The Morgan fingerprint density at radius 1 is 1.35 bits per heavy atom. The summed E-state index contributed by atoms with van der Waals surface area (Å²) in [7, 11) is 0. The molecule has 0 aromatic rings. The number of aliphatic carboxylic acids is 1. The molecule has 0 aromatic heterocycles. The van der Waals surface area contributed by atoms with Crippen LogP contribution in [0.1, 0.15) is 45.4 Å². The van der Waals surface area contributed by atoms with Crippen molar-refractivity contribution in [2.45, 2.75) is 57.5 Å².